The maximum Gasteiger partial charge on any atom is 0.222 e. The van der Waals surface area contributed by atoms with Crippen LogP contribution in [0.1, 0.15) is 55.6 Å². The minimum absolute atomic E-state index is 0.0781. The third kappa shape index (κ3) is 3.33. The zero-order valence-electron chi connectivity index (χ0n) is 15.4. The first-order chi connectivity index (χ1) is 12.0. The fourth-order valence-corrected chi connectivity index (χ4v) is 4.91. The monoisotopic (exact) mass is 344 g/mol. The van der Waals surface area contributed by atoms with Crippen molar-refractivity contribution in [2.75, 3.05) is 33.7 Å². The number of nitrogens with zero attached hydrogens (tertiary/aromatic N) is 2. The molecule has 0 unspecified atom stereocenters. The molecule has 3 nitrogen and oxygen atoms in total. The predicted octanol–water partition coefficient (Wildman–Crippen LogP) is 3.53. The lowest BCUT2D eigenvalue weighted by molar-refractivity contribution is -0.129. The van der Waals surface area contributed by atoms with E-state index in [9.17, 15) is 9.18 Å². The minimum atomic E-state index is -0.141. The van der Waals surface area contributed by atoms with E-state index < -0.39 is 0 Å². The number of carbonyl (C=O) groups is 1. The summed E-state index contributed by atoms with van der Waals surface area (Å²) in [6.45, 7) is 3.47. The molecule has 1 aromatic carbocycles. The molecule has 0 N–H and O–H groups in total. The first-order valence-corrected chi connectivity index (χ1v) is 9.69. The number of hydrogen-bond donors (Lipinski definition) is 0. The summed E-state index contributed by atoms with van der Waals surface area (Å²) in [5.41, 5.74) is 2.48. The van der Waals surface area contributed by atoms with Gasteiger partial charge in [-0.25, -0.2) is 4.39 Å². The van der Waals surface area contributed by atoms with Crippen molar-refractivity contribution in [1.29, 1.82) is 0 Å². The van der Waals surface area contributed by atoms with Crippen molar-refractivity contribution < 1.29 is 9.18 Å². The van der Waals surface area contributed by atoms with Crippen molar-refractivity contribution in [1.82, 2.24) is 9.80 Å². The number of amides is 1. The summed E-state index contributed by atoms with van der Waals surface area (Å²) >= 11 is 0. The molecular formula is C21H29FN2O. The Hall–Kier alpha value is -1.42. The van der Waals surface area contributed by atoms with Crippen LogP contribution in [0.5, 0.6) is 0 Å². The molecule has 1 heterocycles. The van der Waals surface area contributed by atoms with Crippen LogP contribution in [0.4, 0.5) is 4.39 Å². The lowest BCUT2D eigenvalue weighted by Crippen LogP contribution is -2.42. The largest absolute Gasteiger partial charge is 0.349 e. The molecule has 0 bridgehead atoms. The van der Waals surface area contributed by atoms with Gasteiger partial charge in [0.05, 0.1) is 0 Å². The first-order valence-electron chi connectivity index (χ1n) is 9.69. The maximum absolute atomic E-state index is 14.0. The molecule has 4 rings (SSSR count). The number of halogens is 1. The maximum atomic E-state index is 14.0. The molecule has 1 spiro atoms. The quantitative estimate of drug-likeness (QED) is 0.834. The Labute approximate surface area is 150 Å². The molecule has 2 aliphatic carbocycles. The van der Waals surface area contributed by atoms with Gasteiger partial charge < -0.3 is 9.80 Å². The molecular weight excluding hydrogens is 315 g/mol. The molecule has 0 radical (unpaired) electrons. The van der Waals surface area contributed by atoms with Gasteiger partial charge in [-0.15, -0.1) is 0 Å². The molecule has 136 valence electrons. The van der Waals surface area contributed by atoms with E-state index in [4.69, 9.17) is 0 Å². The molecule has 1 saturated carbocycles. The summed E-state index contributed by atoms with van der Waals surface area (Å²) < 4.78 is 14.0. The van der Waals surface area contributed by atoms with Gasteiger partial charge in [-0.1, -0.05) is 6.07 Å². The van der Waals surface area contributed by atoms with Crippen LogP contribution in [0.15, 0.2) is 18.2 Å². The third-order valence-electron chi connectivity index (χ3n) is 6.61. The lowest BCUT2D eigenvalue weighted by Gasteiger charge is -2.40. The summed E-state index contributed by atoms with van der Waals surface area (Å²) in [6.07, 6.45) is 6.53. The molecule has 1 aromatic rings. The van der Waals surface area contributed by atoms with Crippen LogP contribution < -0.4 is 0 Å². The number of piperidine rings is 1. The Kier molecular flexibility index (Phi) is 4.35. The second-order valence-corrected chi connectivity index (χ2v) is 8.65. The Bertz CT molecular complexity index is 660. The Balaban J connectivity index is 1.55. The normalized spacial score (nSPS) is 25.2. The number of rotatable bonds is 4. The molecule has 1 amide bonds. The number of carbonyl (C=O) groups excluding carboxylic acids is 1. The number of likely N-dealkylation sites (tertiary alicyclic amines) is 1. The smallest absolute Gasteiger partial charge is 0.222 e. The van der Waals surface area contributed by atoms with E-state index in [0.717, 1.165) is 38.3 Å². The standard InChI is InChI=1S/C21H29FN2O/c1-23(2)20(25)11-16-13-21(19-12-17(22)5-6-18(16)19)7-9-24(10-8-21)14-15-3-4-15/h5-6,12,15-16H,3-4,7-11,13-14H2,1-2H3/t16-/m1/s1. The number of fused-ring (bicyclic) bond motifs is 2. The van der Waals surface area contributed by atoms with Crippen molar-refractivity contribution in [2.24, 2.45) is 5.92 Å². The van der Waals surface area contributed by atoms with Gasteiger partial charge in [0.1, 0.15) is 5.82 Å². The van der Waals surface area contributed by atoms with E-state index in [2.05, 4.69) is 4.90 Å². The van der Waals surface area contributed by atoms with Crippen LogP contribution in [0, 0.1) is 11.7 Å². The first kappa shape index (κ1) is 17.0. The van der Waals surface area contributed by atoms with E-state index in [-0.39, 0.29) is 23.1 Å². The number of benzene rings is 1. The number of hydrogen-bond acceptors (Lipinski definition) is 2. The van der Waals surface area contributed by atoms with E-state index >= 15 is 0 Å². The van der Waals surface area contributed by atoms with Crippen molar-refractivity contribution in [3.8, 4) is 0 Å². The van der Waals surface area contributed by atoms with Crippen LogP contribution in [0.3, 0.4) is 0 Å². The van der Waals surface area contributed by atoms with Crippen LogP contribution >= 0.6 is 0 Å². The minimum Gasteiger partial charge on any atom is -0.349 e. The second-order valence-electron chi connectivity index (χ2n) is 8.65. The summed E-state index contributed by atoms with van der Waals surface area (Å²) in [4.78, 5) is 16.5. The summed E-state index contributed by atoms with van der Waals surface area (Å²) in [5, 5.41) is 0. The topological polar surface area (TPSA) is 23.6 Å². The van der Waals surface area contributed by atoms with Crippen molar-refractivity contribution in [3.05, 3.63) is 35.1 Å². The van der Waals surface area contributed by atoms with Gasteiger partial charge in [-0.05, 0) is 85.7 Å². The van der Waals surface area contributed by atoms with E-state index in [1.54, 1.807) is 17.0 Å². The lowest BCUT2D eigenvalue weighted by atomic mass is 9.73. The van der Waals surface area contributed by atoms with Crippen LogP contribution in [-0.2, 0) is 10.2 Å². The fourth-order valence-electron chi connectivity index (χ4n) is 4.91. The highest BCUT2D eigenvalue weighted by atomic mass is 19.1. The Morgan fingerprint density at radius 1 is 1.28 bits per heavy atom. The fraction of sp³-hybridized carbons (Fsp3) is 0.667. The van der Waals surface area contributed by atoms with E-state index in [0.29, 0.717) is 6.42 Å². The summed E-state index contributed by atoms with van der Waals surface area (Å²) in [5.74, 6) is 1.19. The third-order valence-corrected chi connectivity index (χ3v) is 6.61. The van der Waals surface area contributed by atoms with E-state index in [1.165, 1.54) is 30.5 Å². The van der Waals surface area contributed by atoms with Gasteiger partial charge in [-0.2, -0.15) is 0 Å². The van der Waals surface area contributed by atoms with E-state index in [1.807, 2.05) is 20.2 Å². The van der Waals surface area contributed by atoms with Crippen LogP contribution in [0.2, 0.25) is 0 Å². The zero-order chi connectivity index (χ0) is 17.6. The summed E-state index contributed by atoms with van der Waals surface area (Å²) in [6, 6.07) is 5.25. The molecule has 0 aromatic heterocycles. The molecule has 4 heteroatoms. The van der Waals surface area contributed by atoms with Crippen molar-refractivity contribution >= 4 is 5.91 Å². The van der Waals surface area contributed by atoms with Crippen molar-refractivity contribution in [2.45, 2.75) is 49.9 Å². The van der Waals surface area contributed by atoms with Gasteiger partial charge in [0.2, 0.25) is 5.91 Å². The average Bonchev–Trinajstić information content (AvgIpc) is 3.35. The predicted molar refractivity (Wildman–Crippen MR) is 97.1 cm³/mol. The van der Waals surface area contributed by atoms with Crippen LogP contribution in [-0.4, -0.2) is 49.4 Å². The summed E-state index contributed by atoms with van der Waals surface area (Å²) in [7, 11) is 3.63. The molecule has 1 saturated heterocycles. The van der Waals surface area contributed by atoms with Gasteiger partial charge in [0.15, 0.2) is 0 Å². The SMILES string of the molecule is CN(C)C(=O)C[C@@H]1CC2(CCN(CC3CC3)CC2)c2cc(F)ccc21. The molecule has 25 heavy (non-hydrogen) atoms. The van der Waals surface area contributed by atoms with Gasteiger partial charge in [-0.3, -0.25) is 4.79 Å². The molecule has 1 aliphatic heterocycles. The highest BCUT2D eigenvalue weighted by Gasteiger charge is 2.46. The molecule has 3 aliphatic rings. The molecule has 2 fully saturated rings. The molecule has 1 atom stereocenters. The van der Waals surface area contributed by atoms with Gasteiger partial charge >= 0.3 is 0 Å². The van der Waals surface area contributed by atoms with Gasteiger partial charge in [0.25, 0.3) is 0 Å². The Morgan fingerprint density at radius 3 is 2.64 bits per heavy atom. The Morgan fingerprint density at radius 2 is 2.00 bits per heavy atom. The zero-order valence-corrected chi connectivity index (χ0v) is 15.4. The average molecular weight is 344 g/mol. The van der Waals surface area contributed by atoms with Crippen molar-refractivity contribution in [3.63, 3.8) is 0 Å². The highest BCUT2D eigenvalue weighted by Crippen LogP contribution is 2.53. The van der Waals surface area contributed by atoms with Crippen LogP contribution in [0.25, 0.3) is 0 Å². The second kappa shape index (κ2) is 6.39. The van der Waals surface area contributed by atoms with Gasteiger partial charge in [0, 0.05) is 27.1 Å². The highest BCUT2D eigenvalue weighted by molar-refractivity contribution is 5.77.